The van der Waals surface area contributed by atoms with Crippen LogP contribution in [-0.4, -0.2) is 17.3 Å². The van der Waals surface area contributed by atoms with E-state index in [1.54, 1.807) is 0 Å². The summed E-state index contributed by atoms with van der Waals surface area (Å²) in [5.41, 5.74) is 3.95. The molecule has 0 fully saturated rings. The van der Waals surface area contributed by atoms with Crippen molar-refractivity contribution >= 4 is 22.4 Å². The molecule has 0 aliphatic carbocycles. The molecule has 2 N–H and O–H groups in total. The molecule has 4 nitrogen and oxygen atoms in total. The maximum absolute atomic E-state index is 11.0. The highest BCUT2D eigenvalue weighted by molar-refractivity contribution is 5.88. The lowest BCUT2D eigenvalue weighted by Crippen LogP contribution is -2.22. The molecule has 4 aromatic carbocycles. The lowest BCUT2D eigenvalue weighted by Gasteiger charge is -2.20. The molecule has 0 amide bonds. The Kier molecular flexibility index (Phi) is 6.18. The van der Waals surface area contributed by atoms with E-state index in [4.69, 9.17) is 9.84 Å². The van der Waals surface area contributed by atoms with Gasteiger partial charge in [0, 0.05) is 17.7 Å². The van der Waals surface area contributed by atoms with Gasteiger partial charge in [0.05, 0.1) is 0 Å². The van der Waals surface area contributed by atoms with Crippen LogP contribution in [0, 0.1) is 0 Å². The van der Waals surface area contributed by atoms with E-state index >= 15 is 0 Å². The highest BCUT2D eigenvalue weighted by Gasteiger charge is 2.13. The van der Waals surface area contributed by atoms with Crippen LogP contribution in [0.25, 0.3) is 21.9 Å². The summed E-state index contributed by atoms with van der Waals surface area (Å²) in [6, 6.07) is 30.4. The molecule has 0 bridgehead atoms. The second-order valence-electron chi connectivity index (χ2n) is 7.56. The Bertz CT molecular complexity index is 1190. The lowest BCUT2D eigenvalue weighted by molar-refractivity contribution is -0.136. The molecule has 0 aliphatic heterocycles. The first-order valence-corrected chi connectivity index (χ1v) is 10.4. The van der Waals surface area contributed by atoms with Crippen LogP contribution >= 0.6 is 0 Å². The Morgan fingerprint density at radius 3 is 2.42 bits per heavy atom. The summed E-state index contributed by atoms with van der Waals surface area (Å²) in [6.45, 7) is 1.97. The average Bonchev–Trinajstić information content (AvgIpc) is 2.78. The summed E-state index contributed by atoms with van der Waals surface area (Å²) in [7, 11) is 0. The van der Waals surface area contributed by atoms with Crippen molar-refractivity contribution in [1.29, 1.82) is 0 Å². The van der Waals surface area contributed by atoms with Crippen molar-refractivity contribution in [3.05, 3.63) is 96.6 Å². The van der Waals surface area contributed by atoms with Gasteiger partial charge in [0.15, 0.2) is 6.23 Å². The maximum Gasteiger partial charge on any atom is 0.303 e. The summed E-state index contributed by atoms with van der Waals surface area (Å²) in [5, 5.41) is 14.7. The number of aliphatic carboxylic acids is 1. The van der Waals surface area contributed by atoms with Crippen LogP contribution in [0.2, 0.25) is 0 Å². The number of rotatable bonds is 8. The number of nitrogens with one attached hydrogen (secondary N) is 1. The third-order valence-electron chi connectivity index (χ3n) is 5.18. The number of carboxylic acids is 1. The van der Waals surface area contributed by atoms with E-state index in [-0.39, 0.29) is 12.6 Å². The van der Waals surface area contributed by atoms with E-state index in [2.05, 4.69) is 35.6 Å². The van der Waals surface area contributed by atoms with Crippen LogP contribution < -0.4 is 10.1 Å². The third kappa shape index (κ3) is 5.23. The highest BCUT2D eigenvalue weighted by atomic mass is 16.5. The van der Waals surface area contributed by atoms with Crippen LogP contribution in [0.1, 0.15) is 18.9 Å². The summed E-state index contributed by atoms with van der Waals surface area (Å²) < 4.78 is 6.27. The number of carbonyl (C=O) groups is 1. The number of hydrogen-bond donors (Lipinski definition) is 2. The number of fused-ring (bicyclic) bond motifs is 1. The predicted octanol–water partition coefficient (Wildman–Crippen LogP) is 6.36. The van der Waals surface area contributed by atoms with Crippen molar-refractivity contribution in [3.63, 3.8) is 0 Å². The van der Waals surface area contributed by atoms with Gasteiger partial charge in [-0.1, -0.05) is 60.7 Å². The molecule has 0 spiro atoms. The smallest absolute Gasteiger partial charge is 0.303 e. The van der Waals surface area contributed by atoms with E-state index < -0.39 is 5.97 Å². The standard InChI is InChI=1S/C27H25NO3/c1-19(28-24-9-3-2-4-10-24)31-26-15-11-20(12-16-27(29)30)17-25(26)23-14-13-21-7-5-6-8-22(21)18-23/h2-11,13-15,17-19,28H,12,16H2,1H3,(H,29,30). The van der Waals surface area contributed by atoms with Crippen molar-refractivity contribution in [1.82, 2.24) is 0 Å². The normalized spacial score (nSPS) is 11.8. The zero-order valence-electron chi connectivity index (χ0n) is 17.4. The molecular formula is C27H25NO3. The van der Waals surface area contributed by atoms with Crippen molar-refractivity contribution in [3.8, 4) is 16.9 Å². The lowest BCUT2D eigenvalue weighted by atomic mass is 9.97. The van der Waals surface area contributed by atoms with Gasteiger partial charge in [-0.05, 0) is 65.6 Å². The molecule has 0 saturated heterocycles. The Morgan fingerprint density at radius 2 is 1.65 bits per heavy atom. The van der Waals surface area contributed by atoms with Crippen molar-refractivity contribution < 1.29 is 14.6 Å². The van der Waals surface area contributed by atoms with E-state index in [0.717, 1.165) is 33.5 Å². The van der Waals surface area contributed by atoms with Gasteiger partial charge in [0.2, 0.25) is 0 Å². The minimum atomic E-state index is -0.798. The zero-order chi connectivity index (χ0) is 21.6. The predicted molar refractivity (Wildman–Crippen MR) is 125 cm³/mol. The van der Waals surface area contributed by atoms with Crippen LogP contribution in [-0.2, 0) is 11.2 Å². The van der Waals surface area contributed by atoms with Gasteiger partial charge in [-0.15, -0.1) is 0 Å². The summed E-state index contributed by atoms with van der Waals surface area (Å²) >= 11 is 0. The molecule has 31 heavy (non-hydrogen) atoms. The molecule has 0 radical (unpaired) electrons. The van der Waals surface area contributed by atoms with E-state index in [1.165, 1.54) is 5.39 Å². The molecule has 156 valence electrons. The summed E-state index contributed by atoms with van der Waals surface area (Å²) in [4.78, 5) is 11.0. The maximum atomic E-state index is 11.0. The van der Waals surface area contributed by atoms with Crippen LogP contribution in [0.5, 0.6) is 5.75 Å². The molecule has 0 aromatic heterocycles. The van der Waals surface area contributed by atoms with Gasteiger partial charge in [0.1, 0.15) is 5.75 Å². The van der Waals surface area contributed by atoms with Gasteiger partial charge in [-0.25, -0.2) is 0 Å². The first-order chi connectivity index (χ1) is 15.1. The van der Waals surface area contributed by atoms with Gasteiger partial charge >= 0.3 is 5.97 Å². The molecule has 1 atom stereocenters. The Morgan fingerprint density at radius 1 is 0.903 bits per heavy atom. The fraction of sp³-hybridized carbons (Fsp3) is 0.148. The quantitative estimate of drug-likeness (QED) is 0.331. The van der Waals surface area contributed by atoms with Gasteiger partial charge in [0.25, 0.3) is 0 Å². The minimum Gasteiger partial charge on any atom is -0.481 e. The largest absolute Gasteiger partial charge is 0.481 e. The molecule has 0 aliphatic rings. The van der Waals surface area contributed by atoms with Crippen molar-refractivity contribution in [2.24, 2.45) is 0 Å². The number of ether oxygens (including phenoxy) is 1. The molecular weight excluding hydrogens is 386 g/mol. The second kappa shape index (κ2) is 9.35. The number of aryl methyl sites for hydroxylation is 1. The Hall–Kier alpha value is -3.79. The topological polar surface area (TPSA) is 58.6 Å². The number of benzene rings is 4. The molecule has 0 saturated carbocycles. The fourth-order valence-corrected chi connectivity index (χ4v) is 3.66. The number of carboxylic acid groups (broad SMARTS) is 1. The monoisotopic (exact) mass is 411 g/mol. The first kappa shape index (κ1) is 20.5. The first-order valence-electron chi connectivity index (χ1n) is 10.4. The molecule has 4 aromatic rings. The molecule has 4 rings (SSSR count). The van der Waals surface area contributed by atoms with Crippen molar-refractivity contribution in [2.75, 3.05) is 5.32 Å². The number of para-hydroxylation sites is 1. The van der Waals surface area contributed by atoms with Crippen LogP contribution in [0.3, 0.4) is 0 Å². The highest BCUT2D eigenvalue weighted by Crippen LogP contribution is 2.34. The van der Waals surface area contributed by atoms with E-state index in [9.17, 15) is 4.79 Å². The van der Waals surface area contributed by atoms with Crippen molar-refractivity contribution in [2.45, 2.75) is 26.0 Å². The van der Waals surface area contributed by atoms with Crippen LogP contribution in [0.15, 0.2) is 91.0 Å². The Balaban J connectivity index is 1.66. The molecule has 1 unspecified atom stereocenters. The van der Waals surface area contributed by atoms with E-state index in [1.807, 2.05) is 67.6 Å². The Labute approximate surface area is 182 Å². The number of anilines is 1. The average molecular weight is 412 g/mol. The summed E-state index contributed by atoms with van der Waals surface area (Å²) in [5.74, 6) is -0.0430. The van der Waals surface area contributed by atoms with E-state index in [0.29, 0.717) is 6.42 Å². The third-order valence-corrected chi connectivity index (χ3v) is 5.18. The second-order valence-corrected chi connectivity index (χ2v) is 7.56. The van der Waals surface area contributed by atoms with Gasteiger partial charge in [-0.2, -0.15) is 0 Å². The fourth-order valence-electron chi connectivity index (χ4n) is 3.66. The molecule has 4 heteroatoms. The summed E-state index contributed by atoms with van der Waals surface area (Å²) in [6.07, 6.45) is 0.337. The minimum absolute atomic E-state index is 0.101. The number of hydrogen-bond acceptors (Lipinski definition) is 3. The SMILES string of the molecule is CC(Nc1ccccc1)Oc1ccc(CCC(=O)O)cc1-c1ccc2ccccc2c1. The van der Waals surface area contributed by atoms with Gasteiger partial charge in [-0.3, -0.25) is 4.79 Å². The molecule has 0 heterocycles. The zero-order valence-corrected chi connectivity index (χ0v) is 17.4. The van der Waals surface area contributed by atoms with Gasteiger partial charge < -0.3 is 15.2 Å². The van der Waals surface area contributed by atoms with Crippen LogP contribution in [0.4, 0.5) is 5.69 Å².